The first-order valence-electron chi connectivity index (χ1n) is 10.1. The predicted octanol–water partition coefficient (Wildman–Crippen LogP) is 2.21. The number of H-pyrrole nitrogens is 1. The first-order valence-corrected chi connectivity index (χ1v) is 11.7. The first kappa shape index (κ1) is 21.7. The Balaban J connectivity index is 1.36. The zero-order valence-corrected chi connectivity index (χ0v) is 18.0. The lowest BCUT2D eigenvalue weighted by molar-refractivity contribution is -0.121. The number of hydrogen-bond donors (Lipinski definition) is 3. The molecule has 9 nitrogen and oxygen atoms in total. The van der Waals surface area contributed by atoms with E-state index in [-0.39, 0.29) is 22.6 Å². The van der Waals surface area contributed by atoms with Crippen LogP contribution in [0.3, 0.4) is 0 Å². The number of benzene rings is 2. The number of piperidine rings is 1. The van der Waals surface area contributed by atoms with Crippen LogP contribution in [-0.2, 0) is 14.8 Å². The number of hydrogen-bond acceptors (Lipinski definition) is 5. The quantitative estimate of drug-likeness (QED) is 0.544. The van der Waals surface area contributed by atoms with Gasteiger partial charge in [0.2, 0.25) is 15.9 Å². The molecule has 1 aromatic heterocycles. The van der Waals surface area contributed by atoms with Gasteiger partial charge in [-0.3, -0.25) is 14.7 Å². The number of carbonyl (C=O) groups excluding carboxylic acids is 2. The van der Waals surface area contributed by atoms with Crippen LogP contribution in [0, 0.1) is 5.92 Å². The van der Waals surface area contributed by atoms with E-state index in [0.29, 0.717) is 42.9 Å². The third-order valence-electron chi connectivity index (χ3n) is 5.54. The fourth-order valence-electron chi connectivity index (χ4n) is 3.76. The number of nitrogens with one attached hydrogen (secondary N) is 2. The summed E-state index contributed by atoms with van der Waals surface area (Å²) in [4.78, 5) is 27.4. The topological polar surface area (TPSA) is 138 Å². The lowest BCUT2D eigenvalue weighted by atomic mass is 9.95. The lowest BCUT2D eigenvalue weighted by Gasteiger charge is -2.31. The number of nitrogens with zero attached hydrogens (tertiary/aromatic N) is 2. The van der Waals surface area contributed by atoms with Crippen molar-refractivity contribution >= 4 is 27.5 Å². The standard InChI is InChI=1S/C22H23N5O4S/c23-32(30,31)18-8-6-17(7-9-18)25-21(28)16-10-12-27(13-11-16)22(29)19-14-24-26-20(19)15-4-2-1-3-5-15/h1-9,14,16H,10-13H2,(H,24,26)(H,25,28)(H2,23,30,31). The minimum Gasteiger partial charge on any atom is -0.338 e. The second-order valence-electron chi connectivity index (χ2n) is 7.65. The van der Waals surface area contributed by atoms with Gasteiger partial charge in [0.05, 0.1) is 22.3 Å². The van der Waals surface area contributed by atoms with Gasteiger partial charge in [-0.2, -0.15) is 5.10 Å². The molecule has 1 saturated heterocycles. The van der Waals surface area contributed by atoms with Crippen molar-refractivity contribution in [1.82, 2.24) is 15.1 Å². The highest BCUT2D eigenvalue weighted by Gasteiger charge is 2.29. The summed E-state index contributed by atoms with van der Waals surface area (Å²) in [7, 11) is -3.78. The van der Waals surface area contributed by atoms with Crippen molar-refractivity contribution in [2.24, 2.45) is 11.1 Å². The van der Waals surface area contributed by atoms with Gasteiger partial charge in [-0.25, -0.2) is 13.6 Å². The molecule has 0 radical (unpaired) electrons. The Labute approximate surface area is 185 Å². The Bertz CT molecular complexity index is 1210. The molecule has 0 aliphatic carbocycles. The Morgan fingerprint density at radius 3 is 2.31 bits per heavy atom. The van der Waals surface area contributed by atoms with Gasteiger partial charge in [-0.15, -0.1) is 0 Å². The molecule has 2 amide bonds. The highest BCUT2D eigenvalue weighted by Crippen LogP contribution is 2.25. The minimum absolute atomic E-state index is 0.0172. The van der Waals surface area contributed by atoms with Crippen LogP contribution in [0.25, 0.3) is 11.3 Å². The fourth-order valence-corrected chi connectivity index (χ4v) is 4.28. The van der Waals surface area contributed by atoms with Crippen LogP contribution in [-0.4, -0.2) is 48.4 Å². The molecule has 2 heterocycles. The summed E-state index contributed by atoms with van der Waals surface area (Å²) in [5.74, 6) is -0.515. The van der Waals surface area contributed by atoms with Crippen molar-refractivity contribution in [3.8, 4) is 11.3 Å². The van der Waals surface area contributed by atoms with E-state index in [2.05, 4.69) is 15.5 Å². The molecule has 0 saturated carbocycles. The van der Waals surface area contributed by atoms with Gasteiger partial charge in [0, 0.05) is 30.3 Å². The van der Waals surface area contributed by atoms with Gasteiger partial charge in [0.25, 0.3) is 5.91 Å². The SMILES string of the molecule is NS(=O)(=O)c1ccc(NC(=O)C2CCN(C(=O)c3cn[nH]c3-c3ccccc3)CC2)cc1. The van der Waals surface area contributed by atoms with Crippen LogP contribution in [0.4, 0.5) is 5.69 Å². The largest absolute Gasteiger partial charge is 0.338 e. The van der Waals surface area contributed by atoms with E-state index in [9.17, 15) is 18.0 Å². The van der Waals surface area contributed by atoms with Gasteiger partial charge in [-0.1, -0.05) is 30.3 Å². The zero-order valence-electron chi connectivity index (χ0n) is 17.2. The number of rotatable bonds is 5. The Morgan fingerprint density at radius 2 is 1.69 bits per heavy atom. The first-order chi connectivity index (χ1) is 15.3. The normalized spacial score (nSPS) is 14.8. The van der Waals surface area contributed by atoms with E-state index in [1.165, 1.54) is 30.5 Å². The second kappa shape index (κ2) is 8.93. The van der Waals surface area contributed by atoms with Crippen LogP contribution in [0.1, 0.15) is 23.2 Å². The van der Waals surface area contributed by atoms with Crippen LogP contribution in [0.15, 0.2) is 65.7 Å². The number of likely N-dealkylation sites (tertiary alicyclic amines) is 1. The van der Waals surface area contributed by atoms with Crippen molar-refractivity contribution < 1.29 is 18.0 Å². The minimum atomic E-state index is -3.78. The maximum Gasteiger partial charge on any atom is 0.257 e. The number of amides is 2. The molecule has 10 heteroatoms. The molecule has 0 spiro atoms. The molecule has 4 rings (SSSR count). The van der Waals surface area contributed by atoms with Crippen molar-refractivity contribution in [3.63, 3.8) is 0 Å². The average molecular weight is 454 g/mol. The van der Waals surface area contributed by atoms with Gasteiger partial charge in [0.1, 0.15) is 0 Å². The predicted molar refractivity (Wildman–Crippen MR) is 119 cm³/mol. The molecule has 32 heavy (non-hydrogen) atoms. The van der Waals surface area contributed by atoms with Crippen LogP contribution < -0.4 is 10.5 Å². The maximum absolute atomic E-state index is 13.0. The van der Waals surface area contributed by atoms with Crippen molar-refractivity contribution in [2.75, 3.05) is 18.4 Å². The Hall–Kier alpha value is -3.50. The van der Waals surface area contributed by atoms with E-state index < -0.39 is 10.0 Å². The number of carbonyl (C=O) groups is 2. The van der Waals surface area contributed by atoms with Crippen LogP contribution in [0.2, 0.25) is 0 Å². The van der Waals surface area contributed by atoms with Crippen molar-refractivity contribution in [3.05, 3.63) is 66.4 Å². The third kappa shape index (κ3) is 4.71. The molecule has 1 aliphatic heterocycles. The summed E-state index contributed by atoms with van der Waals surface area (Å²) in [5.41, 5.74) is 2.57. The Morgan fingerprint density at radius 1 is 1.03 bits per heavy atom. The maximum atomic E-state index is 13.0. The lowest BCUT2D eigenvalue weighted by Crippen LogP contribution is -2.41. The summed E-state index contributed by atoms with van der Waals surface area (Å²) in [5, 5.41) is 14.8. The number of anilines is 1. The van der Waals surface area contributed by atoms with Crippen LogP contribution in [0.5, 0.6) is 0 Å². The molecule has 1 fully saturated rings. The second-order valence-corrected chi connectivity index (χ2v) is 9.21. The average Bonchev–Trinajstić information content (AvgIpc) is 3.29. The summed E-state index contributed by atoms with van der Waals surface area (Å²) in [6.07, 6.45) is 2.60. The van der Waals surface area contributed by atoms with E-state index in [0.717, 1.165) is 5.56 Å². The third-order valence-corrected chi connectivity index (χ3v) is 6.46. The molecule has 4 N–H and O–H groups in total. The van der Waals surface area contributed by atoms with E-state index in [1.807, 2.05) is 30.3 Å². The van der Waals surface area contributed by atoms with Gasteiger partial charge in [0.15, 0.2) is 0 Å². The molecule has 1 aliphatic rings. The van der Waals surface area contributed by atoms with E-state index >= 15 is 0 Å². The summed E-state index contributed by atoms with van der Waals surface area (Å²) >= 11 is 0. The molecule has 2 aromatic carbocycles. The molecule has 166 valence electrons. The molecule has 0 bridgehead atoms. The molecule has 3 aromatic rings. The summed E-state index contributed by atoms with van der Waals surface area (Å²) < 4.78 is 22.7. The number of sulfonamides is 1. The summed E-state index contributed by atoms with van der Waals surface area (Å²) in [6, 6.07) is 15.2. The molecule has 0 atom stereocenters. The fraction of sp³-hybridized carbons (Fsp3) is 0.227. The van der Waals surface area contributed by atoms with E-state index in [1.54, 1.807) is 4.90 Å². The monoisotopic (exact) mass is 453 g/mol. The number of primary sulfonamides is 1. The number of aromatic amines is 1. The molecular weight excluding hydrogens is 430 g/mol. The highest BCUT2D eigenvalue weighted by molar-refractivity contribution is 7.89. The van der Waals surface area contributed by atoms with Crippen molar-refractivity contribution in [2.45, 2.75) is 17.7 Å². The number of nitrogens with two attached hydrogens (primary N) is 1. The highest BCUT2D eigenvalue weighted by atomic mass is 32.2. The van der Waals surface area contributed by atoms with Gasteiger partial charge < -0.3 is 10.2 Å². The molecular formula is C22H23N5O4S. The van der Waals surface area contributed by atoms with Gasteiger partial charge >= 0.3 is 0 Å². The smallest absolute Gasteiger partial charge is 0.257 e. The zero-order chi connectivity index (χ0) is 22.7. The molecule has 0 unspecified atom stereocenters. The Kier molecular flexibility index (Phi) is 6.06. The van der Waals surface area contributed by atoms with Crippen LogP contribution >= 0.6 is 0 Å². The number of aromatic nitrogens is 2. The summed E-state index contributed by atoms with van der Waals surface area (Å²) in [6.45, 7) is 0.918. The van der Waals surface area contributed by atoms with Gasteiger partial charge in [-0.05, 0) is 37.1 Å². The van der Waals surface area contributed by atoms with Crippen molar-refractivity contribution in [1.29, 1.82) is 0 Å². The van der Waals surface area contributed by atoms with E-state index in [4.69, 9.17) is 5.14 Å².